The maximum Gasteiger partial charge on any atom is 0.249 e. The normalized spacial score (nSPS) is 36.7. The topological polar surface area (TPSA) is 423 Å². The Morgan fingerprint density at radius 2 is 1.35 bits per heavy atom. The lowest BCUT2D eigenvalue weighted by molar-refractivity contribution is -0.315. The molecule has 15 atom stereocenters. The predicted molar refractivity (Wildman–Crippen MR) is 177 cm³/mol. The molecule has 3 aliphatic rings. The van der Waals surface area contributed by atoms with Crippen LogP contribution in [0.3, 0.4) is 0 Å². The highest BCUT2D eigenvalue weighted by Gasteiger charge is 2.52. The van der Waals surface area contributed by atoms with E-state index in [1.807, 2.05) is 0 Å². The number of carbonyl (C=O) groups excluding carboxylic acids is 2. The Morgan fingerprint density at radius 3 is 1.90 bits per heavy atom. The molecule has 1 saturated carbocycles. The molecule has 294 valence electrons. The Hall–Kier alpha value is -3.04. The van der Waals surface area contributed by atoms with Gasteiger partial charge in [0.2, 0.25) is 11.8 Å². The number of guanidine groups is 2. The molecule has 0 aromatic carbocycles. The summed E-state index contributed by atoms with van der Waals surface area (Å²) in [4.78, 5) is 33.2. The number of aliphatic hydroxyl groups excluding tert-OH is 6. The maximum absolute atomic E-state index is 13.0. The van der Waals surface area contributed by atoms with E-state index in [1.165, 1.54) is 0 Å². The van der Waals surface area contributed by atoms with Gasteiger partial charge in [-0.25, -0.2) is 0 Å². The molecule has 3 fully saturated rings. The molecule has 2 aliphatic heterocycles. The van der Waals surface area contributed by atoms with E-state index in [4.69, 9.17) is 59.1 Å². The lowest BCUT2D eigenvalue weighted by atomic mass is 9.83. The average Bonchev–Trinajstić information content (AvgIpc) is 3.07. The Labute approximate surface area is 293 Å². The molecule has 23 nitrogen and oxygen atoms in total. The van der Waals surface area contributed by atoms with Gasteiger partial charge in [0.1, 0.15) is 48.8 Å². The highest BCUT2D eigenvalue weighted by molar-refractivity contribution is 5.81. The largest absolute Gasteiger partial charge is 0.394 e. The summed E-state index contributed by atoms with van der Waals surface area (Å²) in [5.41, 5.74) is 39.6. The van der Waals surface area contributed by atoms with E-state index >= 15 is 0 Å². The first-order chi connectivity index (χ1) is 24.1. The van der Waals surface area contributed by atoms with E-state index in [-0.39, 0.29) is 56.9 Å². The summed E-state index contributed by atoms with van der Waals surface area (Å²) in [5, 5.41) is 69.4. The van der Waals surface area contributed by atoms with Crippen LogP contribution in [-0.2, 0) is 28.5 Å². The summed E-state index contributed by atoms with van der Waals surface area (Å²) < 4.78 is 23.6. The Kier molecular flexibility index (Phi) is 16.4. The first-order valence-corrected chi connectivity index (χ1v) is 16.6. The van der Waals surface area contributed by atoms with Crippen LogP contribution in [-0.4, -0.2) is 172 Å². The van der Waals surface area contributed by atoms with Crippen molar-refractivity contribution in [2.45, 2.75) is 124 Å². The number of aliphatic imine (C=N–C) groups is 2. The fourth-order valence-corrected chi connectivity index (χ4v) is 6.03. The van der Waals surface area contributed by atoms with Crippen LogP contribution in [0.4, 0.5) is 0 Å². The first kappa shape index (κ1) is 42.4. The summed E-state index contributed by atoms with van der Waals surface area (Å²) in [5.74, 6) is -2.41. The minimum absolute atomic E-state index is 0.0753. The molecule has 0 radical (unpaired) electrons. The van der Waals surface area contributed by atoms with E-state index in [0.29, 0.717) is 12.8 Å². The van der Waals surface area contributed by atoms with Gasteiger partial charge in [-0.05, 0) is 19.3 Å². The van der Waals surface area contributed by atoms with Gasteiger partial charge in [0.25, 0.3) is 0 Å². The van der Waals surface area contributed by atoms with Gasteiger partial charge in [-0.3, -0.25) is 19.6 Å². The number of hydrogen-bond acceptors (Lipinski definition) is 17. The van der Waals surface area contributed by atoms with Crippen LogP contribution in [0.25, 0.3) is 0 Å². The minimum atomic E-state index is -1.87. The summed E-state index contributed by atoms with van der Waals surface area (Å²) in [6.07, 6.45) is -15.2. The van der Waals surface area contributed by atoms with Crippen molar-refractivity contribution in [3.8, 4) is 0 Å². The Morgan fingerprint density at radius 1 is 0.784 bits per heavy atom. The molecule has 23 heteroatoms. The second kappa shape index (κ2) is 19.7. The SMILES string of the molecule is NC[C@@H]1CC[C@@H](N)[C@@H](O[C@H]2[C@H](O)[C@@H](O[C@H]3O[C@H](CO)[C@@H](O)[C@H](NC(=O)[C@@H](O)CCN=C(N)N)[C@H]3O)[C@H](NC(=O)[C@@H](O)CCN=C(N)N)C[C@@H]2N)O1. The zero-order valence-electron chi connectivity index (χ0n) is 28.1. The molecule has 0 bridgehead atoms. The van der Waals surface area contributed by atoms with Crippen molar-refractivity contribution in [1.29, 1.82) is 0 Å². The Balaban J connectivity index is 1.86. The Bertz CT molecular complexity index is 1180. The minimum Gasteiger partial charge on any atom is -0.394 e. The summed E-state index contributed by atoms with van der Waals surface area (Å²) in [6, 6.07) is -4.29. The summed E-state index contributed by atoms with van der Waals surface area (Å²) in [6.45, 7) is -0.797. The third-order valence-electron chi connectivity index (χ3n) is 8.88. The standard InChI is InChI=1S/C28H55N11O12/c29-8-10-1-2-11(30)25(48-10)50-21-12(31)7-13(38-23(46)14(41)3-5-36-27(32)33)22(20(21)45)51-26-19(44)17(18(43)16(9-40)49-26)39-24(47)15(42)4-6-37-28(34)35/h10-22,25-26,40-45H,1-9,29-31H2,(H,38,46)(H,39,47)(H4,32,33,36)(H4,34,35,37)/t10-,11+,12-,13+,14-,15-,16+,17-,18+,19+,20-,21+,22-,25+,26+/m0/s1. The van der Waals surface area contributed by atoms with Gasteiger partial charge in [0, 0.05) is 38.5 Å². The van der Waals surface area contributed by atoms with Crippen LogP contribution in [0.15, 0.2) is 9.98 Å². The monoisotopic (exact) mass is 737 g/mol. The van der Waals surface area contributed by atoms with Gasteiger partial charge >= 0.3 is 0 Å². The van der Waals surface area contributed by atoms with Gasteiger partial charge < -0.3 is 100 Å². The third kappa shape index (κ3) is 11.7. The van der Waals surface area contributed by atoms with Crippen LogP contribution in [0.5, 0.6) is 0 Å². The van der Waals surface area contributed by atoms with Gasteiger partial charge in [-0.15, -0.1) is 0 Å². The molecule has 2 saturated heterocycles. The van der Waals surface area contributed by atoms with Gasteiger partial charge in [-0.1, -0.05) is 0 Å². The van der Waals surface area contributed by atoms with Crippen molar-refractivity contribution in [2.24, 2.45) is 50.1 Å². The molecule has 0 unspecified atom stereocenters. The molecular weight excluding hydrogens is 682 g/mol. The number of carbonyl (C=O) groups is 2. The molecule has 0 spiro atoms. The van der Waals surface area contributed by atoms with E-state index in [9.17, 15) is 40.2 Å². The fourth-order valence-electron chi connectivity index (χ4n) is 6.03. The van der Waals surface area contributed by atoms with Crippen LogP contribution < -0.4 is 50.8 Å². The molecule has 0 aromatic rings. The molecule has 22 N–H and O–H groups in total. The van der Waals surface area contributed by atoms with Gasteiger partial charge in [0.15, 0.2) is 24.5 Å². The van der Waals surface area contributed by atoms with E-state index in [2.05, 4.69) is 20.6 Å². The van der Waals surface area contributed by atoms with Crippen molar-refractivity contribution in [1.82, 2.24) is 10.6 Å². The second-order valence-corrected chi connectivity index (χ2v) is 12.8. The number of nitrogens with zero attached hydrogens (tertiary/aromatic N) is 2. The molecule has 1 aliphatic carbocycles. The predicted octanol–water partition coefficient (Wildman–Crippen LogP) is -8.90. The van der Waals surface area contributed by atoms with Crippen molar-refractivity contribution in [2.75, 3.05) is 26.2 Å². The van der Waals surface area contributed by atoms with Crippen molar-refractivity contribution in [3.63, 3.8) is 0 Å². The highest BCUT2D eigenvalue weighted by Crippen LogP contribution is 2.32. The molecule has 2 heterocycles. The van der Waals surface area contributed by atoms with Gasteiger partial charge in [-0.2, -0.15) is 0 Å². The maximum atomic E-state index is 13.0. The van der Waals surface area contributed by atoms with Crippen LogP contribution in [0, 0.1) is 0 Å². The molecule has 51 heavy (non-hydrogen) atoms. The first-order valence-electron chi connectivity index (χ1n) is 16.6. The second-order valence-electron chi connectivity index (χ2n) is 12.8. The van der Waals surface area contributed by atoms with E-state index in [0.717, 1.165) is 0 Å². The number of amides is 2. The molecular formula is C28H55N11O12. The third-order valence-corrected chi connectivity index (χ3v) is 8.88. The van der Waals surface area contributed by atoms with Crippen LogP contribution in [0.2, 0.25) is 0 Å². The van der Waals surface area contributed by atoms with Crippen molar-refractivity contribution in [3.05, 3.63) is 0 Å². The zero-order chi connectivity index (χ0) is 38.0. The van der Waals surface area contributed by atoms with Crippen LogP contribution >= 0.6 is 0 Å². The molecule has 2 amide bonds. The number of aliphatic hydroxyl groups is 6. The lowest BCUT2D eigenvalue weighted by Crippen LogP contribution is -2.70. The quantitative estimate of drug-likeness (QED) is 0.0516. The summed E-state index contributed by atoms with van der Waals surface area (Å²) >= 11 is 0. The van der Waals surface area contributed by atoms with E-state index in [1.54, 1.807) is 0 Å². The number of nitrogens with two attached hydrogens (primary N) is 7. The van der Waals surface area contributed by atoms with Crippen LogP contribution in [0.1, 0.15) is 32.1 Å². The molecule has 0 aromatic heterocycles. The number of hydrogen-bond donors (Lipinski definition) is 15. The average molecular weight is 738 g/mol. The fraction of sp³-hybridized carbons (Fsp3) is 0.857. The van der Waals surface area contributed by atoms with Crippen molar-refractivity contribution >= 4 is 23.7 Å². The number of ether oxygens (including phenoxy) is 4. The van der Waals surface area contributed by atoms with E-state index < -0.39 is 104 Å². The van der Waals surface area contributed by atoms with Crippen molar-refractivity contribution < 1.29 is 59.2 Å². The van der Waals surface area contributed by atoms with Gasteiger partial charge in [0.05, 0.1) is 30.8 Å². The number of rotatable bonds is 16. The zero-order valence-corrected chi connectivity index (χ0v) is 28.1. The smallest absolute Gasteiger partial charge is 0.249 e. The summed E-state index contributed by atoms with van der Waals surface area (Å²) in [7, 11) is 0. The number of nitrogens with one attached hydrogen (secondary N) is 2. The molecule has 3 rings (SSSR count). The lowest BCUT2D eigenvalue weighted by Gasteiger charge is -2.48. The highest BCUT2D eigenvalue weighted by atomic mass is 16.7.